The second-order valence-electron chi connectivity index (χ2n) is 12.8. The van der Waals surface area contributed by atoms with Crippen molar-refractivity contribution in [3.05, 3.63) is 100 Å². The number of β-amino-alcohol motifs (C(OH)–C–C–N with tert-alkyl or cyclic N) is 1. The van der Waals surface area contributed by atoms with Gasteiger partial charge in [0.15, 0.2) is 23.1 Å². The summed E-state index contributed by atoms with van der Waals surface area (Å²) in [7, 11) is 3.25. The highest BCUT2D eigenvalue weighted by molar-refractivity contribution is 6.05. The van der Waals surface area contributed by atoms with E-state index in [2.05, 4.69) is 15.2 Å². The Balaban J connectivity index is 1.03. The number of hydrogen-bond donors (Lipinski definition) is 2. The predicted octanol–water partition coefficient (Wildman–Crippen LogP) is 5.45. The Labute approximate surface area is 282 Å². The van der Waals surface area contributed by atoms with Crippen LogP contribution in [0.2, 0.25) is 0 Å². The van der Waals surface area contributed by atoms with Crippen LogP contribution in [0.1, 0.15) is 35.3 Å². The van der Waals surface area contributed by atoms with E-state index in [4.69, 9.17) is 14.2 Å². The first-order valence-electron chi connectivity index (χ1n) is 16.3. The second kappa shape index (κ2) is 13.0. The summed E-state index contributed by atoms with van der Waals surface area (Å²) in [6.07, 6.45) is 4.36. The van der Waals surface area contributed by atoms with E-state index in [0.29, 0.717) is 46.1 Å². The summed E-state index contributed by atoms with van der Waals surface area (Å²) < 4.78 is 36.1. The molecule has 11 nitrogen and oxygen atoms in total. The molecule has 12 heteroatoms. The van der Waals surface area contributed by atoms with E-state index in [1.165, 1.54) is 16.8 Å². The third-order valence-corrected chi connectivity index (χ3v) is 9.62. The molecule has 1 aliphatic carbocycles. The van der Waals surface area contributed by atoms with E-state index in [0.717, 1.165) is 45.0 Å². The van der Waals surface area contributed by atoms with Gasteiger partial charge in [-0.05, 0) is 62.6 Å². The average Bonchev–Trinajstić information content (AvgIpc) is 3.76. The highest BCUT2D eigenvalue weighted by atomic mass is 19.1. The standard InChI is InChI=1S/C37H38FN5O6/c1-23-34(36(46)43(41(23)2)25-8-5-4-6-9-25)35(45)40-24-10-11-30(27(38)18-24)49-29-12-15-39-28-20-32(31(47-3)19-26(28)29)48-17-7-16-42-21-33(44)37(22-42)13-14-37/h4-6,8-12,15,18-20,33,44H,7,13-14,16-17,21-22H2,1-3H3,(H,40,45). The van der Waals surface area contributed by atoms with Gasteiger partial charge in [0.05, 0.1) is 36.7 Å². The fourth-order valence-electron chi connectivity index (χ4n) is 6.64. The molecule has 1 unspecified atom stereocenters. The van der Waals surface area contributed by atoms with Crippen LogP contribution in [0.5, 0.6) is 23.0 Å². The van der Waals surface area contributed by atoms with Gasteiger partial charge in [-0.25, -0.2) is 9.07 Å². The molecule has 0 radical (unpaired) electrons. The van der Waals surface area contributed by atoms with Crippen LogP contribution >= 0.6 is 0 Å². The number of aromatic nitrogens is 3. The van der Waals surface area contributed by atoms with Crippen molar-refractivity contribution in [2.24, 2.45) is 12.5 Å². The van der Waals surface area contributed by atoms with E-state index < -0.39 is 17.3 Å². The molecule has 3 aromatic carbocycles. The molecule has 2 aromatic heterocycles. The van der Waals surface area contributed by atoms with Crippen LogP contribution in [0.15, 0.2) is 77.7 Å². The average molecular weight is 668 g/mol. The van der Waals surface area contributed by atoms with Gasteiger partial charge in [0, 0.05) is 61.5 Å². The molecule has 49 heavy (non-hydrogen) atoms. The van der Waals surface area contributed by atoms with Gasteiger partial charge in [0.25, 0.3) is 11.5 Å². The second-order valence-corrected chi connectivity index (χ2v) is 12.8. The normalized spacial score (nSPS) is 16.6. The van der Waals surface area contributed by atoms with Crippen LogP contribution in [0.4, 0.5) is 10.1 Å². The number of halogens is 1. The fourth-order valence-corrected chi connectivity index (χ4v) is 6.64. The molecular formula is C37H38FN5O6. The first-order chi connectivity index (χ1) is 23.7. The molecule has 5 aromatic rings. The number of aliphatic hydroxyl groups is 1. The van der Waals surface area contributed by atoms with Crippen molar-refractivity contribution in [1.82, 2.24) is 19.2 Å². The SMILES string of the molecule is COc1cc2c(Oc3ccc(NC(=O)c4c(C)n(C)n(-c5ccccc5)c4=O)cc3F)ccnc2cc1OCCCN1CC(O)C2(CC2)C1. The number of ether oxygens (including phenoxy) is 3. The zero-order chi connectivity index (χ0) is 34.3. The van der Waals surface area contributed by atoms with Crippen molar-refractivity contribution >= 4 is 22.5 Å². The number of amides is 1. The lowest BCUT2D eigenvalue weighted by Crippen LogP contribution is -2.25. The number of carbonyl (C=O) groups excluding carboxylic acids is 1. The van der Waals surface area contributed by atoms with Crippen molar-refractivity contribution in [1.29, 1.82) is 0 Å². The lowest BCUT2D eigenvalue weighted by molar-refractivity contribution is 0.102. The largest absolute Gasteiger partial charge is 0.493 e. The Hall–Kier alpha value is -5.20. The summed E-state index contributed by atoms with van der Waals surface area (Å²) in [6.45, 7) is 4.66. The Morgan fingerprint density at radius 1 is 1.06 bits per heavy atom. The van der Waals surface area contributed by atoms with Gasteiger partial charge in [0.1, 0.15) is 11.3 Å². The van der Waals surface area contributed by atoms with Crippen LogP contribution in [-0.2, 0) is 7.05 Å². The Morgan fingerprint density at radius 3 is 2.57 bits per heavy atom. The molecule has 1 spiro atoms. The van der Waals surface area contributed by atoms with Crippen LogP contribution in [0.3, 0.4) is 0 Å². The number of nitrogens with zero attached hydrogens (tertiary/aromatic N) is 4. The third-order valence-electron chi connectivity index (χ3n) is 9.62. The van der Waals surface area contributed by atoms with Crippen LogP contribution in [0.25, 0.3) is 16.6 Å². The van der Waals surface area contributed by atoms with E-state index in [1.54, 1.807) is 74.4 Å². The van der Waals surface area contributed by atoms with E-state index in [9.17, 15) is 14.7 Å². The van der Waals surface area contributed by atoms with Crippen molar-refractivity contribution < 1.29 is 28.5 Å². The number of pyridine rings is 1. The zero-order valence-electron chi connectivity index (χ0n) is 27.6. The van der Waals surface area contributed by atoms with Crippen molar-refractivity contribution in [3.63, 3.8) is 0 Å². The van der Waals surface area contributed by atoms with Crippen molar-refractivity contribution in [2.45, 2.75) is 32.3 Å². The maximum Gasteiger partial charge on any atom is 0.284 e. The van der Waals surface area contributed by atoms with Gasteiger partial charge < -0.3 is 24.6 Å². The van der Waals surface area contributed by atoms with Gasteiger partial charge in [0.2, 0.25) is 0 Å². The minimum Gasteiger partial charge on any atom is -0.493 e. The Bertz CT molecular complexity index is 2090. The monoisotopic (exact) mass is 667 g/mol. The molecule has 2 N–H and O–H groups in total. The Morgan fingerprint density at radius 2 is 1.86 bits per heavy atom. The molecule has 2 fully saturated rings. The maximum absolute atomic E-state index is 15.4. The number of methoxy groups -OCH3 is 1. The number of likely N-dealkylation sites (tertiary alicyclic amines) is 1. The highest BCUT2D eigenvalue weighted by Crippen LogP contribution is 2.52. The zero-order valence-corrected chi connectivity index (χ0v) is 27.6. The summed E-state index contributed by atoms with van der Waals surface area (Å²) in [5, 5.41) is 13.5. The van der Waals surface area contributed by atoms with E-state index >= 15 is 4.39 Å². The molecule has 1 amide bonds. The van der Waals surface area contributed by atoms with Gasteiger partial charge in [-0.15, -0.1) is 0 Å². The lowest BCUT2D eigenvalue weighted by atomic mass is 10.0. The number of rotatable bonds is 11. The van der Waals surface area contributed by atoms with E-state index in [1.807, 2.05) is 6.07 Å². The number of fused-ring (bicyclic) bond motifs is 1. The first-order valence-corrected chi connectivity index (χ1v) is 16.3. The van der Waals surface area contributed by atoms with Crippen molar-refractivity contribution in [2.75, 3.05) is 38.7 Å². The predicted molar refractivity (Wildman–Crippen MR) is 183 cm³/mol. The summed E-state index contributed by atoms with van der Waals surface area (Å²) >= 11 is 0. The fraction of sp³-hybridized carbons (Fsp3) is 0.324. The molecule has 7 rings (SSSR count). The molecule has 3 heterocycles. The minimum atomic E-state index is -0.709. The van der Waals surface area contributed by atoms with Crippen LogP contribution in [0, 0.1) is 18.2 Å². The molecule has 0 bridgehead atoms. The van der Waals surface area contributed by atoms with Gasteiger partial charge in [-0.3, -0.25) is 24.2 Å². The number of anilines is 1. The number of nitrogens with one attached hydrogen (secondary N) is 1. The lowest BCUT2D eigenvalue weighted by Gasteiger charge is -2.17. The topological polar surface area (TPSA) is 120 Å². The Kier molecular flexibility index (Phi) is 8.59. The summed E-state index contributed by atoms with van der Waals surface area (Å²) in [5.74, 6) is -0.0392. The van der Waals surface area contributed by atoms with Crippen molar-refractivity contribution in [3.8, 4) is 28.7 Å². The quantitative estimate of drug-likeness (QED) is 0.179. The summed E-state index contributed by atoms with van der Waals surface area (Å²) in [4.78, 5) is 33.2. The molecule has 1 saturated carbocycles. The molecule has 254 valence electrons. The summed E-state index contributed by atoms with van der Waals surface area (Å²) in [5.41, 5.74) is 1.45. The van der Waals surface area contributed by atoms with Crippen LogP contribution < -0.4 is 25.1 Å². The number of aliphatic hydroxyl groups excluding tert-OH is 1. The van der Waals surface area contributed by atoms with Gasteiger partial charge in [-0.1, -0.05) is 18.2 Å². The summed E-state index contributed by atoms with van der Waals surface area (Å²) in [6, 6.07) is 18.2. The molecular weight excluding hydrogens is 629 g/mol. The highest BCUT2D eigenvalue weighted by Gasteiger charge is 2.54. The van der Waals surface area contributed by atoms with Crippen LogP contribution in [-0.4, -0.2) is 69.7 Å². The number of hydrogen-bond acceptors (Lipinski definition) is 8. The first kappa shape index (κ1) is 32.4. The number of benzene rings is 3. The third kappa shape index (κ3) is 6.25. The van der Waals surface area contributed by atoms with Gasteiger partial charge >= 0.3 is 0 Å². The molecule has 1 aliphatic heterocycles. The molecule has 1 saturated heterocycles. The minimum absolute atomic E-state index is 0.0365. The number of carbonyl (C=O) groups is 1. The van der Waals surface area contributed by atoms with Gasteiger partial charge in [-0.2, -0.15) is 0 Å². The maximum atomic E-state index is 15.4. The smallest absolute Gasteiger partial charge is 0.284 e. The number of para-hydroxylation sites is 1. The molecule has 1 atom stereocenters. The van der Waals surface area contributed by atoms with E-state index in [-0.39, 0.29) is 28.5 Å². The molecule has 2 aliphatic rings.